The minimum Gasteiger partial charge on any atom is -1.00 e. The van der Waals surface area contributed by atoms with E-state index in [1.54, 1.807) is 0 Å². The predicted octanol–water partition coefficient (Wildman–Crippen LogP) is -3.25. The van der Waals surface area contributed by atoms with Crippen LogP contribution in [0.5, 0.6) is 0 Å². The molecule has 0 unspecified atom stereocenters. The van der Waals surface area contributed by atoms with E-state index in [2.05, 4.69) is 9.47 Å². The number of carbonyl (C=O) groups is 3. The quantitative estimate of drug-likeness (QED) is 0.302. The van der Waals surface area contributed by atoms with Crippen LogP contribution in [0, 0.1) is 0 Å². The number of ether oxygens (including phenoxy) is 2. The van der Waals surface area contributed by atoms with Gasteiger partial charge >= 0.3 is 36.8 Å². The van der Waals surface area contributed by atoms with Crippen molar-refractivity contribution in [1.29, 1.82) is 0 Å². The van der Waals surface area contributed by atoms with Gasteiger partial charge in [-0.3, -0.25) is 9.59 Å². The summed E-state index contributed by atoms with van der Waals surface area (Å²) in [6, 6.07) is 0. The van der Waals surface area contributed by atoms with Crippen LogP contribution >= 0.6 is 0 Å². The number of hydrogen-bond acceptors (Lipinski definition) is 5. The molecule has 0 spiro atoms. The second-order valence-corrected chi connectivity index (χ2v) is 1.75. The van der Waals surface area contributed by atoms with E-state index < -0.39 is 24.5 Å². The van der Waals surface area contributed by atoms with Crippen LogP contribution in [-0.2, 0) is 57.7 Å². The van der Waals surface area contributed by atoms with Gasteiger partial charge < -0.3 is 10.9 Å². The molecule has 0 aliphatic carbocycles. The first-order valence-electron chi connectivity index (χ1n) is 2.87. The van der Waals surface area contributed by atoms with Gasteiger partial charge in [0.15, 0.2) is 6.61 Å². The fraction of sp³-hybridized carbons (Fsp3) is 0.500. The summed E-state index contributed by atoms with van der Waals surface area (Å²) < 4.78 is 8.28. The van der Waals surface area contributed by atoms with Gasteiger partial charge in [0.25, 0.3) is 0 Å². The zero-order valence-corrected chi connectivity index (χ0v) is 10.2. The molecule has 0 saturated carbocycles. The molecule has 5 nitrogen and oxygen atoms in total. The summed E-state index contributed by atoms with van der Waals surface area (Å²) in [6.45, 7) is 1.72. The van der Waals surface area contributed by atoms with Gasteiger partial charge in [-0.2, -0.15) is 0 Å². The first-order chi connectivity index (χ1) is 5.02. The molecule has 0 bridgehead atoms. The molecule has 14 heavy (non-hydrogen) atoms. The Labute approximate surface area is 116 Å². The monoisotopic (exact) mass is 282 g/mol. The maximum Gasteiger partial charge on any atom is 1.00 e. The maximum absolute atomic E-state index is 10.4. The van der Waals surface area contributed by atoms with Crippen LogP contribution in [-0.4, -0.2) is 24.5 Å². The second-order valence-electron chi connectivity index (χ2n) is 1.75. The minimum atomic E-state index is -0.868. The molecule has 0 aliphatic heterocycles. The van der Waals surface area contributed by atoms with E-state index in [1.807, 2.05) is 0 Å². The van der Waals surface area contributed by atoms with Crippen molar-refractivity contribution in [2.24, 2.45) is 0 Å². The van der Waals surface area contributed by atoms with Crippen LogP contribution in [0.15, 0.2) is 0 Å². The van der Waals surface area contributed by atoms with Gasteiger partial charge in [0.1, 0.15) is 0 Å². The van der Waals surface area contributed by atoms with Gasteiger partial charge in [0.2, 0.25) is 0 Å². The van der Waals surface area contributed by atoms with Crippen molar-refractivity contribution in [2.45, 2.75) is 13.8 Å². The first kappa shape index (κ1) is 23.8. The molecule has 0 rings (SSSR count). The smallest absolute Gasteiger partial charge is 1.00 e. The average Bonchev–Trinajstić information content (AvgIpc) is 1.82. The molecule has 0 atom stereocenters. The number of carbonyl (C=O) groups excluding carboxylic acids is 3. The van der Waals surface area contributed by atoms with E-state index in [1.165, 1.54) is 0 Å². The average molecular weight is 282 g/mol. The van der Waals surface area contributed by atoms with Gasteiger partial charge in [0, 0.05) is 47.7 Å². The summed E-state index contributed by atoms with van der Waals surface area (Å²) in [4.78, 5) is 30.7. The molecular formula is C6H9CoLiMnO5. The Kier molecular flexibility index (Phi) is 22.5. The molecule has 8 heteroatoms. The van der Waals surface area contributed by atoms with Crippen molar-refractivity contribution < 1.29 is 78.0 Å². The Morgan fingerprint density at radius 3 is 1.86 bits per heavy atom. The van der Waals surface area contributed by atoms with Crippen LogP contribution < -0.4 is 18.9 Å². The summed E-state index contributed by atoms with van der Waals surface area (Å²) in [7, 11) is 0. The van der Waals surface area contributed by atoms with E-state index in [-0.39, 0.29) is 54.1 Å². The Bertz CT molecular complexity index is 204. The fourth-order valence-electron chi connectivity index (χ4n) is 0.350. The molecule has 0 aromatic carbocycles. The molecule has 0 amide bonds. The first-order valence-corrected chi connectivity index (χ1v) is 2.87. The van der Waals surface area contributed by atoms with Crippen LogP contribution in [0.3, 0.4) is 0 Å². The Morgan fingerprint density at radius 1 is 1.14 bits per heavy atom. The van der Waals surface area contributed by atoms with Crippen molar-refractivity contribution in [1.82, 2.24) is 0 Å². The van der Waals surface area contributed by atoms with Crippen molar-refractivity contribution >= 4 is 17.9 Å². The molecule has 0 saturated heterocycles. The van der Waals surface area contributed by atoms with Crippen LogP contribution in [0.2, 0.25) is 0 Å². The molecule has 0 aliphatic rings. The number of hydrogen-bond donors (Lipinski definition) is 0. The van der Waals surface area contributed by atoms with E-state index in [9.17, 15) is 14.4 Å². The molecule has 0 aromatic heterocycles. The SMILES string of the molecule is CC(=O)OCC(=O)OC(C)=O.[Co].[H-].[Li+].[Mn]. The maximum atomic E-state index is 10.4. The summed E-state index contributed by atoms with van der Waals surface area (Å²) in [5.74, 6) is -2.18. The second kappa shape index (κ2) is 13.2. The van der Waals surface area contributed by atoms with Gasteiger partial charge in [-0.25, -0.2) is 4.79 Å². The molecule has 0 heterocycles. The molecule has 0 N–H and O–H groups in total. The molecule has 80 valence electrons. The van der Waals surface area contributed by atoms with E-state index in [4.69, 9.17) is 0 Å². The van der Waals surface area contributed by atoms with Crippen LogP contribution in [0.4, 0.5) is 0 Å². The topological polar surface area (TPSA) is 69.7 Å². The normalized spacial score (nSPS) is 6.71. The minimum absolute atomic E-state index is 0. The summed E-state index contributed by atoms with van der Waals surface area (Å²) >= 11 is 0. The van der Waals surface area contributed by atoms with Crippen molar-refractivity contribution in [2.75, 3.05) is 6.61 Å². The van der Waals surface area contributed by atoms with Gasteiger partial charge in [-0.15, -0.1) is 0 Å². The summed E-state index contributed by atoms with van der Waals surface area (Å²) in [6.07, 6.45) is 0. The van der Waals surface area contributed by atoms with E-state index in [0.29, 0.717) is 0 Å². The third-order valence-corrected chi connectivity index (χ3v) is 0.651. The third kappa shape index (κ3) is 18.1. The third-order valence-electron chi connectivity index (χ3n) is 0.651. The zero-order chi connectivity index (χ0) is 8.85. The zero-order valence-electron chi connectivity index (χ0n) is 8.96. The van der Waals surface area contributed by atoms with Gasteiger partial charge in [-0.05, 0) is 0 Å². The standard InChI is InChI=1S/C6H8O5.Co.Li.Mn.H/c1-4(7)10-3-6(9)11-5(2)8;;;;/h3H2,1-2H3;;;;/q;;+1;;-1. The number of rotatable bonds is 2. The summed E-state index contributed by atoms with van der Waals surface area (Å²) in [5, 5.41) is 0. The Hall–Kier alpha value is 0.233. The van der Waals surface area contributed by atoms with Crippen molar-refractivity contribution in [3.8, 4) is 0 Å². The largest absolute Gasteiger partial charge is 1.00 e. The molecule has 0 fully saturated rings. The van der Waals surface area contributed by atoms with Crippen molar-refractivity contribution in [3.63, 3.8) is 0 Å². The molecular weight excluding hydrogens is 273 g/mol. The van der Waals surface area contributed by atoms with Gasteiger partial charge in [-0.1, -0.05) is 0 Å². The van der Waals surface area contributed by atoms with E-state index in [0.717, 1.165) is 13.8 Å². The van der Waals surface area contributed by atoms with E-state index >= 15 is 0 Å². The van der Waals surface area contributed by atoms with Gasteiger partial charge in [0.05, 0.1) is 0 Å². The van der Waals surface area contributed by atoms with Crippen LogP contribution in [0.1, 0.15) is 15.3 Å². The van der Waals surface area contributed by atoms with Crippen molar-refractivity contribution in [3.05, 3.63) is 0 Å². The molecule has 0 aromatic rings. The number of esters is 3. The molecule has 2 radical (unpaired) electrons. The summed E-state index contributed by atoms with van der Waals surface area (Å²) in [5.41, 5.74) is 0. The Balaban J connectivity index is -0.0000000833. The Morgan fingerprint density at radius 2 is 1.57 bits per heavy atom. The van der Waals surface area contributed by atoms with Crippen LogP contribution in [0.25, 0.3) is 0 Å². The predicted molar refractivity (Wildman–Crippen MR) is 34.5 cm³/mol. The fourth-order valence-corrected chi connectivity index (χ4v) is 0.350.